The normalized spacial score (nSPS) is 26.4. The van der Waals surface area contributed by atoms with Crippen molar-refractivity contribution < 1.29 is 38.1 Å². The minimum absolute atomic E-state index is 0.176. The highest BCUT2D eigenvalue weighted by Crippen LogP contribution is 2.47. The average molecular weight is 527 g/mol. The summed E-state index contributed by atoms with van der Waals surface area (Å²) in [6.07, 6.45) is -3.57. The van der Waals surface area contributed by atoms with Gasteiger partial charge in [-0.3, -0.25) is 23.7 Å². The second-order valence-electron chi connectivity index (χ2n) is 8.74. The number of esters is 1. The predicted molar refractivity (Wildman–Crippen MR) is 126 cm³/mol. The van der Waals surface area contributed by atoms with E-state index in [2.05, 4.69) is 5.09 Å². The van der Waals surface area contributed by atoms with Gasteiger partial charge >= 0.3 is 19.4 Å². The van der Waals surface area contributed by atoms with Gasteiger partial charge in [0.25, 0.3) is 5.56 Å². The molecule has 0 aliphatic carbocycles. The van der Waals surface area contributed by atoms with E-state index in [9.17, 15) is 29.2 Å². The molecule has 1 aliphatic heterocycles. The first-order chi connectivity index (χ1) is 16.8. The van der Waals surface area contributed by atoms with E-state index in [1.165, 1.54) is 26.0 Å². The third kappa shape index (κ3) is 6.49. The number of nitrogens with zero attached hydrogens (tertiary/aromatic N) is 1. The summed E-state index contributed by atoms with van der Waals surface area (Å²) in [4.78, 5) is 37.8. The monoisotopic (exact) mass is 527 g/mol. The molecule has 2 unspecified atom stereocenters. The van der Waals surface area contributed by atoms with Crippen molar-refractivity contribution in [2.75, 3.05) is 6.61 Å². The number of rotatable bonds is 10. The number of benzene rings is 1. The maximum Gasteiger partial charge on any atom is 0.459 e. The van der Waals surface area contributed by atoms with Crippen LogP contribution in [-0.2, 0) is 23.4 Å². The molecule has 1 aliphatic rings. The van der Waals surface area contributed by atoms with E-state index in [1.54, 1.807) is 32.0 Å². The molecule has 1 fully saturated rings. The van der Waals surface area contributed by atoms with Crippen molar-refractivity contribution in [2.24, 2.45) is 0 Å². The van der Waals surface area contributed by atoms with Crippen LogP contribution >= 0.6 is 7.75 Å². The van der Waals surface area contributed by atoms with Gasteiger partial charge in [-0.25, -0.2) is 9.36 Å². The second kappa shape index (κ2) is 11.1. The Bertz CT molecular complexity index is 1210. The van der Waals surface area contributed by atoms with Crippen LogP contribution in [0.5, 0.6) is 5.75 Å². The van der Waals surface area contributed by atoms with Crippen molar-refractivity contribution in [3.05, 3.63) is 63.4 Å². The summed E-state index contributed by atoms with van der Waals surface area (Å²) in [5.74, 6) is -0.517. The lowest BCUT2D eigenvalue weighted by Gasteiger charge is -2.28. The first-order valence-corrected chi connectivity index (χ1v) is 12.7. The topological polar surface area (TPSA) is 178 Å². The number of aliphatic hydroxyl groups is 2. The molecule has 3 rings (SSSR count). The average Bonchev–Trinajstić information content (AvgIpc) is 3.01. The van der Waals surface area contributed by atoms with Gasteiger partial charge in [0.15, 0.2) is 6.23 Å². The van der Waals surface area contributed by atoms with Gasteiger partial charge < -0.3 is 24.2 Å². The van der Waals surface area contributed by atoms with Crippen molar-refractivity contribution in [2.45, 2.75) is 63.9 Å². The lowest BCUT2D eigenvalue weighted by Crippen LogP contribution is -2.47. The van der Waals surface area contributed by atoms with Gasteiger partial charge in [0.05, 0.1) is 12.7 Å². The summed E-state index contributed by atoms with van der Waals surface area (Å²) in [5, 5.41) is 24.0. The Morgan fingerprint density at radius 1 is 1.25 bits per heavy atom. The van der Waals surface area contributed by atoms with E-state index in [0.717, 1.165) is 16.8 Å². The summed E-state index contributed by atoms with van der Waals surface area (Å²) < 4.78 is 36.4. The molecule has 0 radical (unpaired) electrons. The SMILES string of the molecule is CC(C)OC(=O)[C@H](C)NP(=O)(OC[C@H]1O[C@@H](n2ccc(=O)[nH]c2=O)[C@@H](O)C1(C)O)Oc1ccccc1. The van der Waals surface area contributed by atoms with E-state index >= 15 is 0 Å². The molecular formula is C22H30N3O10P. The number of carbonyl (C=O) groups excluding carboxylic acids is 1. The van der Waals surface area contributed by atoms with Crippen molar-refractivity contribution in [3.8, 4) is 5.75 Å². The Labute approximate surface area is 206 Å². The van der Waals surface area contributed by atoms with Crippen LogP contribution in [0.15, 0.2) is 52.2 Å². The number of nitrogens with one attached hydrogen (secondary N) is 2. The van der Waals surface area contributed by atoms with Crippen LogP contribution < -0.4 is 20.9 Å². The summed E-state index contributed by atoms with van der Waals surface area (Å²) in [6.45, 7) is 5.43. The van der Waals surface area contributed by atoms with E-state index in [4.69, 9.17) is 18.5 Å². The Balaban J connectivity index is 1.80. The standard InChI is InChI=1S/C22H30N3O10P/c1-13(2)33-20(28)14(3)24-36(31,35-15-8-6-5-7-9-15)32-12-16-22(4,30)18(27)19(34-16)25-11-10-17(26)23-21(25)29/h5-11,13-14,16,18-19,27,30H,12H2,1-4H3,(H,24,31)(H,23,26,29)/t14-,16+,18+,19+,22?,36?/m0/s1. The lowest BCUT2D eigenvalue weighted by molar-refractivity contribution is -0.149. The predicted octanol–water partition coefficient (Wildman–Crippen LogP) is 0.679. The molecule has 36 heavy (non-hydrogen) atoms. The van der Waals surface area contributed by atoms with E-state index in [1.807, 2.05) is 4.98 Å². The van der Waals surface area contributed by atoms with Gasteiger partial charge in [0, 0.05) is 12.3 Å². The van der Waals surface area contributed by atoms with Crippen LogP contribution in [-0.4, -0.2) is 62.3 Å². The van der Waals surface area contributed by atoms with E-state index in [0.29, 0.717) is 0 Å². The third-order valence-electron chi connectivity index (χ3n) is 5.37. The van der Waals surface area contributed by atoms with Gasteiger partial charge in [-0.15, -0.1) is 0 Å². The molecule has 1 aromatic heterocycles. The molecule has 2 heterocycles. The molecule has 0 bridgehead atoms. The zero-order valence-electron chi connectivity index (χ0n) is 20.2. The molecule has 0 spiro atoms. The molecule has 6 atom stereocenters. The Morgan fingerprint density at radius 3 is 2.53 bits per heavy atom. The molecule has 4 N–H and O–H groups in total. The first kappa shape index (κ1) is 27.8. The summed E-state index contributed by atoms with van der Waals surface area (Å²) >= 11 is 0. The molecule has 0 saturated carbocycles. The van der Waals surface area contributed by atoms with Crippen LogP contribution in [0.3, 0.4) is 0 Å². The number of hydrogen-bond donors (Lipinski definition) is 4. The van der Waals surface area contributed by atoms with Crippen LogP contribution in [0.25, 0.3) is 0 Å². The van der Waals surface area contributed by atoms with Crippen molar-refractivity contribution in [1.82, 2.24) is 14.6 Å². The Morgan fingerprint density at radius 2 is 1.92 bits per heavy atom. The van der Waals surface area contributed by atoms with Crippen LogP contribution in [0.4, 0.5) is 0 Å². The highest BCUT2D eigenvalue weighted by atomic mass is 31.2. The number of carbonyl (C=O) groups is 1. The largest absolute Gasteiger partial charge is 0.462 e. The minimum atomic E-state index is -4.27. The fraction of sp³-hybridized carbons (Fsp3) is 0.500. The molecular weight excluding hydrogens is 497 g/mol. The molecule has 1 saturated heterocycles. The molecule has 2 aromatic rings. The third-order valence-corrected chi connectivity index (χ3v) is 7.02. The number of H-pyrrole nitrogens is 1. The van der Waals surface area contributed by atoms with Crippen LogP contribution in [0.1, 0.15) is 33.9 Å². The summed E-state index contributed by atoms with van der Waals surface area (Å²) in [5.41, 5.74) is -3.47. The zero-order valence-corrected chi connectivity index (χ0v) is 21.1. The van der Waals surface area contributed by atoms with Gasteiger partial charge in [0.2, 0.25) is 0 Å². The van der Waals surface area contributed by atoms with Crippen LogP contribution in [0, 0.1) is 0 Å². The lowest BCUT2D eigenvalue weighted by atomic mass is 9.95. The molecule has 0 amide bonds. The summed E-state index contributed by atoms with van der Waals surface area (Å²) in [7, 11) is -4.27. The number of para-hydroxylation sites is 1. The zero-order chi connectivity index (χ0) is 26.7. The number of aromatic nitrogens is 2. The van der Waals surface area contributed by atoms with Crippen molar-refractivity contribution in [3.63, 3.8) is 0 Å². The molecule has 13 nitrogen and oxygen atoms in total. The molecule has 1 aromatic carbocycles. The first-order valence-electron chi connectivity index (χ1n) is 11.2. The quantitative estimate of drug-likeness (QED) is 0.252. The van der Waals surface area contributed by atoms with Gasteiger partial charge in [-0.05, 0) is 39.8 Å². The van der Waals surface area contributed by atoms with Gasteiger partial charge in [-0.1, -0.05) is 18.2 Å². The Kier molecular flexibility index (Phi) is 8.55. The van der Waals surface area contributed by atoms with E-state index in [-0.39, 0.29) is 5.75 Å². The fourth-order valence-electron chi connectivity index (χ4n) is 3.41. The van der Waals surface area contributed by atoms with E-state index < -0.39 is 67.8 Å². The van der Waals surface area contributed by atoms with Gasteiger partial charge in [-0.2, -0.15) is 5.09 Å². The summed E-state index contributed by atoms with van der Waals surface area (Å²) in [6, 6.07) is 8.02. The Hall–Kier alpha value is -2.80. The second-order valence-corrected chi connectivity index (χ2v) is 10.4. The highest BCUT2D eigenvalue weighted by Gasteiger charge is 2.54. The molecule has 198 valence electrons. The number of ether oxygens (including phenoxy) is 2. The highest BCUT2D eigenvalue weighted by molar-refractivity contribution is 7.52. The van der Waals surface area contributed by atoms with Crippen molar-refractivity contribution >= 4 is 13.7 Å². The smallest absolute Gasteiger partial charge is 0.459 e. The maximum atomic E-state index is 13.6. The number of aliphatic hydroxyl groups excluding tert-OH is 1. The van der Waals surface area contributed by atoms with Gasteiger partial charge in [0.1, 0.15) is 29.6 Å². The van der Waals surface area contributed by atoms with Crippen LogP contribution in [0.2, 0.25) is 0 Å². The fourth-order valence-corrected chi connectivity index (χ4v) is 4.90. The minimum Gasteiger partial charge on any atom is -0.462 e. The number of hydrogen-bond acceptors (Lipinski definition) is 10. The maximum absolute atomic E-state index is 13.6. The number of aromatic amines is 1. The van der Waals surface area contributed by atoms with Crippen molar-refractivity contribution in [1.29, 1.82) is 0 Å². The molecule has 14 heteroatoms.